The van der Waals surface area contributed by atoms with E-state index in [2.05, 4.69) is 5.32 Å². The zero-order chi connectivity index (χ0) is 8.44. The monoisotopic (exact) mass is 171 g/mol. The van der Waals surface area contributed by atoms with Gasteiger partial charge in [-0.1, -0.05) is 0 Å². The number of nitrogens with one attached hydrogen (secondary N) is 1. The van der Waals surface area contributed by atoms with Crippen molar-refractivity contribution >= 4 is 0 Å². The van der Waals surface area contributed by atoms with Crippen LogP contribution in [-0.2, 0) is 9.47 Å². The average Bonchev–Trinajstić information content (AvgIpc) is 2.53. The van der Waals surface area contributed by atoms with E-state index in [4.69, 9.17) is 9.47 Å². The smallest absolute Gasteiger partial charge is 0.0843 e. The fraction of sp³-hybridized carbons (Fsp3) is 1.00. The Labute approximate surface area is 73.4 Å². The van der Waals surface area contributed by atoms with Crippen molar-refractivity contribution < 1.29 is 9.47 Å². The minimum Gasteiger partial charge on any atom is -0.381 e. The fourth-order valence-corrected chi connectivity index (χ4v) is 2.20. The molecule has 2 heterocycles. The van der Waals surface area contributed by atoms with Crippen molar-refractivity contribution in [1.82, 2.24) is 5.32 Å². The number of hydrogen-bond donors (Lipinski definition) is 1. The van der Waals surface area contributed by atoms with Gasteiger partial charge in [-0.2, -0.15) is 0 Å². The summed E-state index contributed by atoms with van der Waals surface area (Å²) in [6.45, 7) is 2.96. The first-order valence-electron chi connectivity index (χ1n) is 4.72. The number of ether oxygens (including phenoxy) is 2. The van der Waals surface area contributed by atoms with Gasteiger partial charge in [0.1, 0.15) is 0 Å². The number of rotatable bonds is 1. The molecule has 2 saturated heterocycles. The Kier molecular flexibility index (Phi) is 2.35. The Hall–Kier alpha value is -0.120. The lowest BCUT2D eigenvalue weighted by atomic mass is 9.91. The number of hydrogen-bond acceptors (Lipinski definition) is 3. The van der Waals surface area contributed by atoms with E-state index in [0.717, 1.165) is 39.0 Å². The third-order valence-electron chi connectivity index (χ3n) is 2.99. The zero-order valence-electron chi connectivity index (χ0n) is 7.64. The van der Waals surface area contributed by atoms with Crippen LogP contribution in [0.15, 0.2) is 0 Å². The van der Waals surface area contributed by atoms with E-state index in [-0.39, 0.29) is 5.60 Å². The highest BCUT2D eigenvalue weighted by Gasteiger charge is 2.39. The predicted octanol–water partition coefficient (Wildman–Crippen LogP) is 0.544. The maximum Gasteiger partial charge on any atom is 0.0843 e. The lowest BCUT2D eigenvalue weighted by Gasteiger charge is -2.36. The highest BCUT2D eigenvalue weighted by molar-refractivity contribution is 4.94. The molecule has 2 rings (SSSR count). The van der Waals surface area contributed by atoms with Crippen LogP contribution in [0.5, 0.6) is 0 Å². The summed E-state index contributed by atoms with van der Waals surface area (Å²) >= 11 is 0. The Morgan fingerprint density at radius 3 is 3.17 bits per heavy atom. The van der Waals surface area contributed by atoms with Crippen LogP contribution in [-0.4, -0.2) is 38.5 Å². The third-order valence-corrected chi connectivity index (χ3v) is 2.99. The molecule has 0 unspecified atom stereocenters. The van der Waals surface area contributed by atoms with Gasteiger partial charge in [-0.15, -0.1) is 0 Å². The maximum absolute atomic E-state index is 5.82. The molecule has 0 radical (unpaired) electrons. The summed E-state index contributed by atoms with van der Waals surface area (Å²) in [5, 5.41) is 3.35. The lowest BCUT2D eigenvalue weighted by molar-refractivity contribution is -0.115. The first-order valence-corrected chi connectivity index (χ1v) is 4.72. The van der Waals surface area contributed by atoms with Crippen molar-refractivity contribution in [3.05, 3.63) is 0 Å². The molecular weight excluding hydrogens is 154 g/mol. The molecule has 70 valence electrons. The minimum absolute atomic E-state index is 0.110. The van der Waals surface area contributed by atoms with Crippen molar-refractivity contribution in [2.45, 2.75) is 31.0 Å². The molecule has 2 aliphatic heterocycles. The van der Waals surface area contributed by atoms with Gasteiger partial charge >= 0.3 is 0 Å². The molecule has 1 N–H and O–H groups in total. The van der Waals surface area contributed by atoms with Gasteiger partial charge in [0.05, 0.1) is 11.7 Å². The highest BCUT2D eigenvalue weighted by Crippen LogP contribution is 2.31. The van der Waals surface area contributed by atoms with Gasteiger partial charge in [-0.05, 0) is 19.4 Å². The Balaban J connectivity index is 1.97. The molecule has 2 fully saturated rings. The molecule has 0 aromatic rings. The van der Waals surface area contributed by atoms with Crippen LogP contribution in [0.4, 0.5) is 0 Å². The molecule has 0 bridgehead atoms. The van der Waals surface area contributed by atoms with Gasteiger partial charge in [0.25, 0.3) is 0 Å². The second-order valence-corrected chi connectivity index (χ2v) is 3.81. The van der Waals surface area contributed by atoms with E-state index in [0.29, 0.717) is 6.10 Å². The molecular formula is C9H17NO2. The van der Waals surface area contributed by atoms with Crippen molar-refractivity contribution in [2.24, 2.45) is 0 Å². The lowest BCUT2D eigenvalue weighted by Crippen LogP contribution is -2.44. The fourth-order valence-electron chi connectivity index (χ4n) is 2.20. The largest absolute Gasteiger partial charge is 0.381 e. The summed E-state index contributed by atoms with van der Waals surface area (Å²) in [6.07, 6.45) is 3.68. The van der Waals surface area contributed by atoms with Gasteiger partial charge in [0.2, 0.25) is 0 Å². The van der Waals surface area contributed by atoms with E-state index in [1.807, 2.05) is 0 Å². The molecule has 12 heavy (non-hydrogen) atoms. The molecule has 3 heteroatoms. The van der Waals surface area contributed by atoms with E-state index in [9.17, 15) is 0 Å². The van der Waals surface area contributed by atoms with E-state index in [1.165, 1.54) is 0 Å². The van der Waals surface area contributed by atoms with Crippen LogP contribution in [0.2, 0.25) is 0 Å². The molecule has 0 saturated carbocycles. The summed E-state index contributed by atoms with van der Waals surface area (Å²) in [5.74, 6) is 0. The Morgan fingerprint density at radius 1 is 1.58 bits per heavy atom. The third kappa shape index (κ3) is 1.49. The molecule has 3 nitrogen and oxygen atoms in total. The molecule has 1 spiro atoms. The number of methoxy groups -OCH3 is 1. The van der Waals surface area contributed by atoms with E-state index < -0.39 is 0 Å². The van der Waals surface area contributed by atoms with Gasteiger partial charge in [0.15, 0.2) is 0 Å². The zero-order valence-corrected chi connectivity index (χ0v) is 7.64. The second-order valence-electron chi connectivity index (χ2n) is 3.81. The Morgan fingerprint density at radius 2 is 2.50 bits per heavy atom. The second kappa shape index (κ2) is 3.32. The molecule has 0 aliphatic carbocycles. The van der Waals surface area contributed by atoms with Crippen LogP contribution < -0.4 is 5.32 Å². The first-order chi connectivity index (χ1) is 5.85. The topological polar surface area (TPSA) is 30.5 Å². The summed E-state index contributed by atoms with van der Waals surface area (Å²) in [4.78, 5) is 0. The highest BCUT2D eigenvalue weighted by atomic mass is 16.5. The molecule has 2 aliphatic rings. The van der Waals surface area contributed by atoms with Gasteiger partial charge in [-0.3, -0.25) is 0 Å². The SMILES string of the molecule is CO[C@@H]1CCO[C@]2(CCNC2)C1. The van der Waals surface area contributed by atoms with Crippen molar-refractivity contribution in [3.8, 4) is 0 Å². The van der Waals surface area contributed by atoms with E-state index in [1.54, 1.807) is 7.11 Å². The molecule has 0 aromatic carbocycles. The standard InChI is InChI=1S/C9H17NO2/c1-11-8-2-5-12-9(6-8)3-4-10-7-9/h8,10H,2-7H2,1H3/t8-,9-/m1/s1. The Bertz CT molecular complexity index is 155. The first kappa shape index (κ1) is 8.48. The summed E-state index contributed by atoms with van der Waals surface area (Å²) < 4.78 is 11.2. The van der Waals surface area contributed by atoms with E-state index >= 15 is 0 Å². The summed E-state index contributed by atoms with van der Waals surface area (Å²) in [7, 11) is 1.80. The summed E-state index contributed by atoms with van der Waals surface area (Å²) in [5.41, 5.74) is 0.110. The van der Waals surface area contributed by atoms with Crippen LogP contribution in [0.25, 0.3) is 0 Å². The molecule has 2 atom stereocenters. The predicted molar refractivity (Wildman–Crippen MR) is 46.2 cm³/mol. The maximum atomic E-state index is 5.82. The van der Waals surface area contributed by atoms with Crippen LogP contribution in [0, 0.1) is 0 Å². The minimum atomic E-state index is 0.110. The quantitative estimate of drug-likeness (QED) is 0.624. The molecule has 0 aromatic heterocycles. The van der Waals surface area contributed by atoms with Gasteiger partial charge < -0.3 is 14.8 Å². The molecule has 0 amide bonds. The van der Waals surface area contributed by atoms with Crippen LogP contribution in [0.3, 0.4) is 0 Å². The van der Waals surface area contributed by atoms with Crippen molar-refractivity contribution in [2.75, 3.05) is 26.8 Å². The average molecular weight is 171 g/mol. The summed E-state index contributed by atoms with van der Waals surface area (Å²) in [6, 6.07) is 0. The van der Waals surface area contributed by atoms with Crippen molar-refractivity contribution in [1.29, 1.82) is 0 Å². The van der Waals surface area contributed by atoms with Crippen LogP contribution >= 0.6 is 0 Å². The van der Waals surface area contributed by atoms with Gasteiger partial charge in [-0.25, -0.2) is 0 Å². The van der Waals surface area contributed by atoms with Crippen LogP contribution in [0.1, 0.15) is 19.3 Å². The van der Waals surface area contributed by atoms with Gasteiger partial charge in [0, 0.05) is 26.7 Å². The van der Waals surface area contributed by atoms with Crippen molar-refractivity contribution in [3.63, 3.8) is 0 Å². The normalized spacial score (nSPS) is 42.2.